The minimum absolute atomic E-state index is 0.239. The summed E-state index contributed by atoms with van der Waals surface area (Å²) in [5.74, 6) is 0.0852. The Balaban J connectivity index is 1.90. The molecule has 1 unspecified atom stereocenters. The molecule has 6 heteroatoms. The molecule has 1 atom stereocenters. The zero-order valence-corrected chi connectivity index (χ0v) is 14.1. The molecule has 2 aromatic rings. The molecule has 0 aliphatic rings. The van der Waals surface area contributed by atoms with Gasteiger partial charge in [-0.2, -0.15) is 0 Å². The highest BCUT2D eigenvalue weighted by Gasteiger charge is 2.06. The lowest BCUT2D eigenvalue weighted by Gasteiger charge is -2.05. The summed E-state index contributed by atoms with van der Waals surface area (Å²) < 4.78 is 12.2. The van der Waals surface area contributed by atoms with E-state index in [1.165, 1.54) is 0 Å². The first kappa shape index (κ1) is 17.7. The lowest BCUT2D eigenvalue weighted by molar-refractivity contribution is -0.129. The first-order chi connectivity index (χ1) is 11.1. The van der Waals surface area contributed by atoms with Crippen molar-refractivity contribution in [1.82, 2.24) is 5.48 Å². The second kappa shape index (κ2) is 8.82. The van der Waals surface area contributed by atoms with Crippen LogP contribution in [0.2, 0.25) is 5.02 Å². The molecule has 0 spiro atoms. The molecular formula is C17H18ClNO3S. The molecule has 0 saturated carbocycles. The Kier molecular flexibility index (Phi) is 6.77. The number of nitrogens with one attached hydrogen (secondary N) is 1. The zero-order chi connectivity index (χ0) is 16.7. The van der Waals surface area contributed by atoms with Crippen molar-refractivity contribution in [3.8, 4) is 11.1 Å². The molecule has 2 rings (SSSR count). The van der Waals surface area contributed by atoms with Crippen molar-refractivity contribution >= 4 is 28.3 Å². The van der Waals surface area contributed by atoms with Gasteiger partial charge in [0.15, 0.2) is 0 Å². The number of hydrogen-bond acceptors (Lipinski definition) is 3. The average molecular weight is 352 g/mol. The molecule has 0 aliphatic heterocycles. The summed E-state index contributed by atoms with van der Waals surface area (Å²) in [6.07, 6.45) is 1.50. The number of unbranched alkanes of at least 4 members (excludes halogenated alkanes) is 1. The van der Waals surface area contributed by atoms with Crippen LogP contribution in [0.3, 0.4) is 0 Å². The van der Waals surface area contributed by atoms with Gasteiger partial charge < -0.3 is 0 Å². The number of hydrogen-bond donors (Lipinski definition) is 2. The van der Waals surface area contributed by atoms with E-state index in [4.69, 9.17) is 16.8 Å². The number of carbonyl (C=O) groups excluding carboxylic acids is 1. The van der Waals surface area contributed by atoms with E-state index in [0.717, 1.165) is 16.0 Å². The van der Waals surface area contributed by atoms with E-state index in [9.17, 15) is 9.00 Å². The fourth-order valence-corrected chi connectivity index (χ4v) is 3.40. The van der Waals surface area contributed by atoms with Gasteiger partial charge in [0.2, 0.25) is 5.91 Å². The molecule has 4 nitrogen and oxygen atoms in total. The van der Waals surface area contributed by atoms with E-state index in [1.807, 2.05) is 48.5 Å². The van der Waals surface area contributed by atoms with Crippen LogP contribution >= 0.6 is 11.6 Å². The van der Waals surface area contributed by atoms with Gasteiger partial charge in [0, 0.05) is 22.1 Å². The van der Waals surface area contributed by atoms with E-state index in [0.29, 0.717) is 23.6 Å². The zero-order valence-electron chi connectivity index (χ0n) is 12.5. The van der Waals surface area contributed by atoms with Gasteiger partial charge in [0.25, 0.3) is 0 Å². The van der Waals surface area contributed by atoms with Gasteiger partial charge in [-0.15, -0.1) is 0 Å². The Morgan fingerprint density at radius 1 is 1.00 bits per heavy atom. The number of benzene rings is 2. The monoisotopic (exact) mass is 351 g/mol. The summed E-state index contributed by atoms with van der Waals surface area (Å²) in [6.45, 7) is 0. The van der Waals surface area contributed by atoms with Gasteiger partial charge in [-0.3, -0.25) is 14.2 Å². The molecule has 0 aliphatic carbocycles. The second-order valence-electron chi connectivity index (χ2n) is 5.07. The maximum absolute atomic E-state index is 12.2. The Labute approximate surface area is 142 Å². The molecule has 0 radical (unpaired) electrons. The summed E-state index contributed by atoms with van der Waals surface area (Å²) in [6, 6.07) is 15.2. The minimum Gasteiger partial charge on any atom is -0.289 e. The van der Waals surface area contributed by atoms with E-state index in [2.05, 4.69) is 0 Å². The fraction of sp³-hybridized carbons (Fsp3) is 0.235. The van der Waals surface area contributed by atoms with Crippen molar-refractivity contribution in [1.29, 1.82) is 0 Å². The van der Waals surface area contributed by atoms with Gasteiger partial charge in [0.05, 0.1) is 10.8 Å². The van der Waals surface area contributed by atoms with Crippen LogP contribution in [0.25, 0.3) is 11.1 Å². The van der Waals surface area contributed by atoms with Crippen molar-refractivity contribution in [2.24, 2.45) is 0 Å². The standard InChI is InChI=1S/C17H18ClNO3S/c18-15-8-4-13(5-9-15)14-6-10-16(11-7-14)23(22)12-2-1-3-17(20)19-21/h4-11,21H,1-3,12H2,(H,19,20). The van der Waals surface area contributed by atoms with Gasteiger partial charge in [-0.1, -0.05) is 35.9 Å². The third-order valence-electron chi connectivity index (χ3n) is 3.40. The fourth-order valence-electron chi connectivity index (χ4n) is 2.13. The van der Waals surface area contributed by atoms with Crippen molar-refractivity contribution in [2.45, 2.75) is 24.2 Å². The Morgan fingerprint density at radius 2 is 1.57 bits per heavy atom. The first-order valence-electron chi connectivity index (χ1n) is 7.27. The summed E-state index contributed by atoms with van der Waals surface area (Å²) in [4.78, 5) is 11.6. The SMILES string of the molecule is O=C(CCCCS(=O)c1ccc(-c2ccc(Cl)cc2)cc1)NO. The second-order valence-corrected chi connectivity index (χ2v) is 7.08. The van der Waals surface area contributed by atoms with E-state index in [1.54, 1.807) is 5.48 Å². The lowest BCUT2D eigenvalue weighted by atomic mass is 10.1. The highest BCUT2D eigenvalue weighted by atomic mass is 35.5. The number of halogens is 1. The van der Waals surface area contributed by atoms with Crippen molar-refractivity contribution in [2.75, 3.05) is 5.75 Å². The molecule has 0 bridgehead atoms. The van der Waals surface area contributed by atoms with Crippen LogP contribution in [0.1, 0.15) is 19.3 Å². The van der Waals surface area contributed by atoms with Crippen LogP contribution in [0.5, 0.6) is 0 Å². The Hall–Kier alpha value is -1.69. The molecule has 1 amide bonds. The molecule has 23 heavy (non-hydrogen) atoms. The van der Waals surface area contributed by atoms with Crippen LogP contribution in [0, 0.1) is 0 Å². The van der Waals surface area contributed by atoms with Gasteiger partial charge in [-0.05, 0) is 48.2 Å². The van der Waals surface area contributed by atoms with Crippen LogP contribution in [-0.4, -0.2) is 21.1 Å². The largest absolute Gasteiger partial charge is 0.289 e. The molecule has 0 aromatic heterocycles. The van der Waals surface area contributed by atoms with Gasteiger partial charge in [0.1, 0.15) is 0 Å². The molecular weight excluding hydrogens is 334 g/mol. The van der Waals surface area contributed by atoms with Crippen molar-refractivity contribution in [3.63, 3.8) is 0 Å². The lowest BCUT2D eigenvalue weighted by Crippen LogP contribution is -2.18. The van der Waals surface area contributed by atoms with E-state index >= 15 is 0 Å². The van der Waals surface area contributed by atoms with Crippen LogP contribution < -0.4 is 5.48 Å². The Morgan fingerprint density at radius 3 is 2.13 bits per heavy atom. The van der Waals surface area contributed by atoms with E-state index in [-0.39, 0.29) is 6.42 Å². The summed E-state index contributed by atoms with van der Waals surface area (Å²) in [5.41, 5.74) is 3.69. The highest BCUT2D eigenvalue weighted by Crippen LogP contribution is 2.23. The molecule has 0 saturated heterocycles. The van der Waals surface area contributed by atoms with Crippen LogP contribution in [0.4, 0.5) is 0 Å². The maximum atomic E-state index is 12.2. The van der Waals surface area contributed by atoms with Crippen LogP contribution in [-0.2, 0) is 15.6 Å². The Bertz CT molecular complexity index is 671. The molecule has 122 valence electrons. The maximum Gasteiger partial charge on any atom is 0.243 e. The number of rotatable bonds is 7. The quantitative estimate of drug-likeness (QED) is 0.453. The molecule has 2 N–H and O–H groups in total. The first-order valence-corrected chi connectivity index (χ1v) is 8.97. The topological polar surface area (TPSA) is 66.4 Å². The molecule has 0 heterocycles. The van der Waals surface area contributed by atoms with Crippen LogP contribution in [0.15, 0.2) is 53.4 Å². The number of hydroxylamine groups is 1. The van der Waals surface area contributed by atoms with Crippen molar-refractivity contribution in [3.05, 3.63) is 53.6 Å². The molecule has 2 aromatic carbocycles. The van der Waals surface area contributed by atoms with Gasteiger partial charge >= 0.3 is 0 Å². The highest BCUT2D eigenvalue weighted by molar-refractivity contribution is 7.85. The summed E-state index contributed by atoms with van der Waals surface area (Å²) >= 11 is 5.88. The van der Waals surface area contributed by atoms with Crippen molar-refractivity contribution < 1.29 is 14.2 Å². The number of amides is 1. The van der Waals surface area contributed by atoms with E-state index < -0.39 is 16.7 Å². The summed E-state index contributed by atoms with van der Waals surface area (Å²) in [5, 5.41) is 9.09. The number of carbonyl (C=O) groups is 1. The normalized spacial score (nSPS) is 11.9. The summed E-state index contributed by atoms with van der Waals surface area (Å²) in [7, 11) is -1.08. The minimum atomic E-state index is -1.08. The van der Waals surface area contributed by atoms with Gasteiger partial charge in [-0.25, -0.2) is 5.48 Å². The smallest absolute Gasteiger partial charge is 0.243 e. The average Bonchev–Trinajstić information content (AvgIpc) is 2.59. The third-order valence-corrected chi connectivity index (χ3v) is 5.11. The third kappa shape index (κ3) is 5.46. The predicted octanol–water partition coefficient (Wildman–Crippen LogP) is 3.79. The molecule has 0 fully saturated rings. The predicted molar refractivity (Wildman–Crippen MR) is 91.9 cm³/mol.